The molecular weight excluding hydrogens is 246 g/mol. The van der Waals surface area contributed by atoms with Crippen LogP contribution in [0, 0.1) is 11.3 Å². The lowest BCUT2D eigenvalue weighted by Crippen LogP contribution is -2.29. The summed E-state index contributed by atoms with van der Waals surface area (Å²) in [4.78, 5) is 0. The summed E-state index contributed by atoms with van der Waals surface area (Å²) in [6.45, 7) is 1.66. The van der Waals surface area contributed by atoms with Crippen molar-refractivity contribution in [3.8, 4) is 6.07 Å². The van der Waals surface area contributed by atoms with Crippen LogP contribution in [-0.2, 0) is 0 Å². The van der Waals surface area contributed by atoms with Crippen LogP contribution in [0.5, 0.6) is 0 Å². The largest absolute Gasteiger partial charge is 0.384 e. The van der Waals surface area contributed by atoms with Crippen molar-refractivity contribution in [1.29, 1.82) is 5.26 Å². The predicted octanol–water partition coefficient (Wildman–Crippen LogP) is 3.76. The highest BCUT2D eigenvalue weighted by Gasteiger charge is 2.30. The number of nitrogens with zero attached hydrogens (tertiary/aromatic N) is 1. The molecule has 2 nitrogen and oxygen atoms in total. The van der Waals surface area contributed by atoms with Gasteiger partial charge in [-0.3, -0.25) is 0 Å². The number of hydrogen-bond donors (Lipinski definition) is 1. The minimum Gasteiger partial charge on any atom is -0.384 e. The van der Waals surface area contributed by atoms with Crippen LogP contribution in [0.3, 0.4) is 0 Å². The van der Waals surface area contributed by atoms with Gasteiger partial charge in [-0.05, 0) is 18.1 Å². The van der Waals surface area contributed by atoms with Gasteiger partial charge in [0.05, 0.1) is 6.07 Å². The SMILES string of the molecule is C[C@](O)(/C=C/c1ccccc1)[C@H](C#N)c1ccccc1. The third kappa shape index (κ3) is 3.34. The molecule has 2 aromatic rings. The van der Waals surface area contributed by atoms with Crippen molar-refractivity contribution >= 4 is 6.08 Å². The average molecular weight is 263 g/mol. The molecule has 0 spiro atoms. The van der Waals surface area contributed by atoms with E-state index in [2.05, 4.69) is 6.07 Å². The third-order valence-corrected chi connectivity index (χ3v) is 3.26. The van der Waals surface area contributed by atoms with E-state index >= 15 is 0 Å². The predicted molar refractivity (Wildman–Crippen MR) is 80.9 cm³/mol. The van der Waals surface area contributed by atoms with Crippen LogP contribution in [0.2, 0.25) is 0 Å². The fraction of sp³-hybridized carbons (Fsp3) is 0.167. The summed E-state index contributed by atoms with van der Waals surface area (Å²) in [6, 6.07) is 21.3. The molecule has 1 N–H and O–H groups in total. The van der Waals surface area contributed by atoms with Crippen LogP contribution in [0.15, 0.2) is 66.7 Å². The third-order valence-electron chi connectivity index (χ3n) is 3.26. The molecule has 0 aromatic heterocycles. The van der Waals surface area contributed by atoms with E-state index in [0.29, 0.717) is 0 Å². The Bertz CT molecular complexity index is 609. The highest BCUT2D eigenvalue weighted by atomic mass is 16.3. The normalized spacial score (nSPS) is 15.4. The second-order valence-corrected chi connectivity index (χ2v) is 4.94. The van der Waals surface area contributed by atoms with Crippen LogP contribution in [0.1, 0.15) is 24.0 Å². The second-order valence-electron chi connectivity index (χ2n) is 4.94. The van der Waals surface area contributed by atoms with E-state index in [9.17, 15) is 10.4 Å². The van der Waals surface area contributed by atoms with Gasteiger partial charge in [-0.2, -0.15) is 5.26 Å². The first kappa shape index (κ1) is 14.0. The quantitative estimate of drug-likeness (QED) is 0.912. The average Bonchev–Trinajstić information content (AvgIpc) is 2.48. The number of nitriles is 1. The van der Waals surface area contributed by atoms with Crippen molar-refractivity contribution in [3.63, 3.8) is 0 Å². The molecule has 0 bridgehead atoms. The van der Waals surface area contributed by atoms with E-state index in [1.165, 1.54) is 0 Å². The Morgan fingerprint density at radius 3 is 2.15 bits per heavy atom. The molecule has 2 aromatic carbocycles. The first-order valence-electron chi connectivity index (χ1n) is 6.55. The van der Waals surface area contributed by atoms with Gasteiger partial charge in [-0.1, -0.05) is 72.8 Å². The maximum atomic E-state index is 10.6. The molecule has 0 aliphatic rings. The van der Waals surface area contributed by atoms with Gasteiger partial charge in [0.15, 0.2) is 0 Å². The summed E-state index contributed by atoms with van der Waals surface area (Å²) in [5.41, 5.74) is 0.599. The van der Waals surface area contributed by atoms with Crippen molar-refractivity contribution in [2.45, 2.75) is 18.4 Å². The molecule has 100 valence electrons. The topological polar surface area (TPSA) is 44.0 Å². The molecule has 20 heavy (non-hydrogen) atoms. The molecule has 0 unspecified atom stereocenters. The van der Waals surface area contributed by atoms with Crippen LogP contribution >= 0.6 is 0 Å². The molecule has 0 heterocycles. The highest BCUT2D eigenvalue weighted by molar-refractivity contribution is 5.51. The Balaban J connectivity index is 2.25. The summed E-state index contributed by atoms with van der Waals surface area (Å²) in [7, 11) is 0. The Labute approximate surface area is 119 Å². The molecule has 0 aliphatic carbocycles. The van der Waals surface area contributed by atoms with Crippen LogP contribution < -0.4 is 0 Å². The molecule has 2 heteroatoms. The van der Waals surface area contributed by atoms with Gasteiger partial charge in [-0.25, -0.2) is 0 Å². The smallest absolute Gasteiger partial charge is 0.103 e. The number of hydrogen-bond acceptors (Lipinski definition) is 2. The fourth-order valence-electron chi connectivity index (χ4n) is 2.11. The molecule has 0 amide bonds. The summed E-state index contributed by atoms with van der Waals surface area (Å²) < 4.78 is 0. The minimum atomic E-state index is -1.22. The molecule has 2 rings (SSSR count). The Morgan fingerprint density at radius 2 is 1.60 bits per heavy atom. The maximum absolute atomic E-state index is 10.6. The van der Waals surface area contributed by atoms with Crippen LogP contribution in [-0.4, -0.2) is 10.7 Å². The Hall–Kier alpha value is -2.37. The number of benzene rings is 2. The fourth-order valence-corrected chi connectivity index (χ4v) is 2.11. The van der Waals surface area contributed by atoms with Gasteiger partial charge in [0.2, 0.25) is 0 Å². The molecule has 0 aliphatic heterocycles. The van der Waals surface area contributed by atoms with E-state index < -0.39 is 11.5 Å². The summed E-state index contributed by atoms with van der Waals surface area (Å²) in [6.07, 6.45) is 3.52. The summed E-state index contributed by atoms with van der Waals surface area (Å²) in [5.74, 6) is -0.594. The van der Waals surface area contributed by atoms with Gasteiger partial charge >= 0.3 is 0 Å². The summed E-state index contributed by atoms with van der Waals surface area (Å²) >= 11 is 0. The van der Waals surface area contributed by atoms with Crippen molar-refractivity contribution in [2.75, 3.05) is 0 Å². The van der Waals surface area contributed by atoms with Gasteiger partial charge < -0.3 is 5.11 Å². The molecular formula is C18H17NO. The lowest BCUT2D eigenvalue weighted by atomic mass is 9.84. The molecule has 0 saturated heterocycles. The first-order chi connectivity index (χ1) is 9.63. The maximum Gasteiger partial charge on any atom is 0.103 e. The standard InChI is InChI=1S/C18H17NO/c1-18(20,13-12-15-8-4-2-5-9-15)17(14-19)16-10-6-3-7-11-16/h2-13,17,20H,1H3/b13-12+/t17-,18+/m1/s1. The zero-order valence-electron chi connectivity index (χ0n) is 11.4. The van der Waals surface area contributed by atoms with E-state index in [1.54, 1.807) is 13.0 Å². The minimum absolute atomic E-state index is 0.594. The van der Waals surface area contributed by atoms with Gasteiger partial charge in [0.25, 0.3) is 0 Å². The lowest BCUT2D eigenvalue weighted by Gasteiger charge is -2.25. The number of aliphatic hydroxyl groups is 1. The van der Waals surface area contributed by atoms with Crippen molar-refractivity contribution in [1.82, 2.24) is 0 Å². The van der Waals surface area contributed by atoms with Crippen molar-refractivity contribution in [2.24, 2.45) is 0 Å². The van der Waals surface area contributed by atoms with E-state index in [-0.39, 0.29) is 0 Å². The van der Waals surface area contributed by atoms with E-state index in [4.69, 9.17) is 0 Å². The highest BCUT2D eigenvalue weighted by Crippen LogP contribution is 2.29. The second kappa shape index (κ2) is 6.18. The zero-order chi connectivity index (χ0) is 14.4. The van der Waals surface area contributed by atoms with Crippen LogP contribution in [0.25, 0.3) is 6.08 Å². The van der Waals surface area contributed by atoms with E-state index in [1.807, 2.05) is 66.7 Å². The van der Waals surface area contributed by atoms with E-state index in [0.717, 1.165) is 11.1 Å². The first-order valence-corrected chi connectivity index (χ1v) is 6.55. The summed E-state index contributed by atoms with van der Waals surface area (Å²) in [5, 5.41) is 19.9. The molecule has 0 fully saturated rings. The molecule has 2 atom stereocenters. The number of rotatable bonds is 4. The van der Waals surface area contributed by atoms with Crippen molar-refractivity contribution < 1.29 is 5.11 Å². The molecule has 0 radical (unpaired) electrons. The van der Waals surface area contributed by atoms with Crippen molar-refractivity contribution in [3.05, 3.63) is 77.9 Å². The van der Waals surface area contributed by atoms with Gasteiger partial charge in [0, 0.05) is 0 Å². The Morgan fingerprint density at radius 1 is 1.05 bits per heavy atom. The monoisotopic (exact) mass is 263 g/mol. The molecule has 0 saturated carbocycles. The Kier molecular flexibility index (Phi) is 4.34. The lowest BCUT2D eigenvalue weighted by molar-refractivity contribution is 0.0991. The van der Waals surface area contributed by atoms with Gasteiger partial charge in [-0.15, -0.1) is 0 Å². The zero-order valence-corrected chi connectivity index (χ0v) is 11.4. The van der Waals surface area contributed by atoms with Crippen LogP contribution in [0.4, 0.5) is 0 Å². The van der Waals surface area contributed by atoms with Gasteiger partial charge in [0.1, 0.15) is 11.5 Å².